The smallest absolute Gasteiger partial charge is 0.258 e. The van der Waals surface area contributed by atoms with Crippen LogP contribution in [-0.2, 0) is 10.0 Å². The zero-order valence-corrected chi connectivity index (χ0v) is 10.3. The van der Waals surface area contributed by atoms with Crippen molar-refractivity contribution < 1.29 is 13.3 Å². The van der Waals surface area contributed by atoms with Crippen molar-refractivity contribution in [1.82, 2.24) is 4.31 Å². The quantitative estimate of drug-likeness (QED) is 0.473. The number of nitro groups is 1. The van der Waals surface area contributed by atoms with Gasteiger partial charge in [-0.25, -0.2) is 8.42 Å². The third-order valence-corrected chi connectivity index (χ3v) is 5.60. The van der Waals surface area contributed by atoms with Crippen LogP contribution >= 0.6 is 0 Å². The lowest BCUT2D eigenvalue weighted by Gasteiger charge is -2.08. The molecule has 6 nitrogen and oxygen atoms in total. The van der Waals surface area contributed by atoms with Crippen LogP contribution in [-0.4, -0.2) is 29.7 Å². The predicted molar refractivity (Wildman–Crippen MR) is 63.5 cm³/mol. The van der Waals surface area contributed by atoms with Crippen LogP contribution in [0.1, 0.15) is 19.3 Å². The van der Waals surface area contributed by atoms with E-state index in [2.05, 4.69) is 0 Å². The van der Waals surface area contributed by atoms with Crippen LogP contribution in [0.5, 0.6) is 0 Å². The number of fused-ring (bicyclic) bond motifs is 1. The fraction of sp³-hybridized carbons (Fsp3) is 0.455. The Morgan fingerprint density at radius 1 is 1.17 bits per heavy atom. The zero-order valence-electron chi connectivity index (χ0n) is 9.52. The minimum Gasteiger partial charge on any atom is -0.258 e. The average Bonchev–Trinajstić information content (AvgIpc) is 2.86. The number of hydrogen-bond donors (Lipinski definition) is 0. The van der Waals surface area contributed by atoms with Crippen molar-refractivity contribution in [2.45, 2.75) is 36.2 Å². The maximum Gasteiger partial charge on any atom is 0.269 e. The van der Waals surface area contributed by atoms with Gasteiger partial charge in [0, 0.05) is 24.2 Å². The summed E-state index contributed by atoms with van der Waals surface area (Å²) < 4.78 is 26.0. The first-order valence-corrected chi connectivity index (χ1v) is 7.24. The molecule has 0 aromatic heterocycles. The topological polar surface area (TPSA) is 80.3 Å². The third-order valence-electron chi connectivity index (χ3n) is 3.63. The number of nitro benzene ring substituents is 1. The monoisotopic (exact) mass is 268 g/mol. The Labute approximate surface area is 104 Å². The Morgan fingerprint density at radius 2 is 1.72 bits per heavy atom. The Balaban J connectivity index is 1.88. The number of sulfonamides is 1. The van der Waals surface area contributed by atoms with Gasteiger partial charge < -0.3 is 0 Å². The van der Waals surface area contributed by atoms with Gasteiger partial charge in [-0.2, -0.15) is 4.31 Å². The summed E-state index contributed by atoms with van der Waals surface area (Å²) in [6, 6.07) is 5.39. The number of non-ortho nitro benzene ring substituents is 1. The molecule has 1 saturated carbocycles. The number of nitrogens with zero attached hydrogens (tertiary/aromatic N) is 2. The molecule has 1 aliphatic carbocycles. The average molecular weight is 268 g/mol. The Kier molecular flexibility index (Phi) is 2.43. The minimum atomic E-state index is -3.46. The van der Waals surface area contributed by atoms with E-state index in [9.17, 15) is 18.5 Å². The summed E-state index contributed by atoms with van der Waals surface area (Å²) in [4.78, 5) is 10.1. The SMILES string of the molecule is O=[N+]([O-])c1ccc(S(=O)(=O)N2[C@@H]3CCC[C@@H]32)cc1. The third kappa shape index (κ3) is 1.62. The van der Waals surface area contributed by atoms with E-state index in [-0.39, 0.29) is 22.7 Å². The Morgan fingerprint density at radius 3 is 2.22 bits per heavy atom. The van der Waals surface area contributed by atoms with Crippen LogP contribution in [0.3, 0.4) is 0 Å². The van der Waals surface area contributed by atoms with Crippen molar-refractivity contribution >= 4 is 15.7 Å². The van der Waals surface area contributed by atoms with Crippen LogP contribution in [0, 0.1) is 10.1 Å². The number of piperidine rings is 1. The van der Waals surface area contributed by atoms with E-state index in [4.69, 9.17) is 0 Å². The van der Waals surface area contributed by atoms with Crippen molar-refractivity contribution in [2.24, 2.45) is 0 Å². The zero-order chi connectivity index (χ0) is 12.9. The maximum absolute atomic E-state index is 12.2. The van der Waals surface area contributed by atoms with Crippen molar-refractivity contribution in [1.29, 1.82) is 0 Å². The molecular weight excluding hydrogens is 256 g/mol. The molecule has 3 rings (SSSR count). The molecule has 96 valence electrons. The fourth-order valence-electron chi connectivity index (χ4n) is 2.70. The molecule has 2 fully saturated rings. The van der Waals surface area contributed by atoms with E-state index >= 15 is 0 Å². The summed E-state index contributed by atoms with van der Waals surface area (Å²) in [6.45, 7) is 0. The molecule has 0 spiro atoms. The molecule has 1 aliphatic heterocycles. The molecule has 1 heterocycles. The molecule has 7 heteroatoms. The highest BCUT2D eigenvalue weighted by Crippen LogP contribution is 2.46. The lowest BCUT2D eigenvalue weighted by atomic mass is 10.3. The van der Waals surface area contributed by atoms with Gasteiger partial charge in [-0.15, -0.1) is 0 Å². The molecule has 0 N–H and O–H groups in total. The maximum atomic E-state index is 12.2. The standard InChI is InChI=1S/C11H12N2O4S/c14-13(15)8-4-6-9(7-5-8)18(16,17)12-10-2-1-3-11(10)12/h4-7,10-11H,1-3H2/t10-,11+,12?. The van der Waals surface area contributed by atoms with Gasteiger partial charge in [0.1, 0.15) is 0 Å². The first-order valence-electron chi connectivity index (χ1n) is 5.80. The van der Waals surface area contributed by atoms with Crippen molar-refractivity contribution in [2.75, 3.05) is 0 Å². The second-order valence-corrected chi connectivity index (χ2v) is 6.49. The predicted octanol–water partition coefficient (Wildman–Crippen LogP) is 1.52. The summed E-state index contributed by atoms with van der Waals surface area (Å²) in [6.07, 6.45) is 2.94. The molecule has 0 bridgehead atoms. The summed E-state index contributed by atoms with van der Waals surface area (Å²) in [5.74, 6) is 0. The van der Waals surface area contributed by atoms with Crippen LogP contribution in [0.15, 0.2) is 29.2 Å². The summed E-state index contributed by atoms with van der Waals surface area (Å²) >= 11 is 0. The van der Waals surface area contributed by atoms with Gasteiger partial charge >= 0.3 is 0 Å². The first kappa shape index (κ1) is 11.6. The van der Waals surface area contributed by atoms with Gasteiger partial charge in [-0.05, 0) is 25.0 Å². The Hall–Kier alpha value is -1.47. The van der Waals surface area contributed by atoms with Crippen LogP contribution in [0.2, 0.25) is 0 Å². The highest BCUT2D eigenvalue weighted by atomic mass is 32.2. The molecule has 0 radical (unpaired) electrons. The van der Waals surface area contributed by atoms with Gasteiger partial charge in [0.05, 0.1) is 9.82 Å². The van der Waals surface area contributed by atoms with Gasteiger partial charge in [0.2, 0.25) is 10.0 Å². The lowest BCUT2D eigenvalue weighted by Crippen LogP contribution is -2.17. The molecule has 3 atom stereocenters. The normalized spacial score (nSPS) is 29.9. The van der Waals surface area contributed by atoms with E-state index in [0.717, 1.165) is 19.3 Å². The highest BCUT2D eigenvalue weighted by Gasteiger charge is 2.57. The first-order chi connectivity index (χ1) is 8.51. The molecule has 1 aromatic rings. The lowest BCUT2D eigenvalue weighted by molar-refractivity contribution is -0.384. The van der Waals surface area contributed by atoms with Crippen molar-refractivity contribution in [3.63, 3.8) is 0 Å². The second kappa shape index (κ2) is 3.76. The van der Waals surface area contributed by atoms with Crippen molar-refractivity contribution in [3.05, 3.63) is 34.4 Å². The molecule has 2 aliphatic rings. The summed E-state index contributed by atoms with van der Waals surface area (Å²) in [5.41, 5.74) is -0.0973. The highest BCUT2D eigenvalue weighted by molar-refractivity contribution is 7.89. The van der Waals surface area contributed by atoms with E-state index in [0.29, 0.717) is 0 Å². The molecule has 1 unspecified atom stereocenters. The van der Waals surface area contributed by atoms with E-state index in [1.54, 1.807) is 0 Å². The molecular formula is C11H12N2O4S. The number of hydrogen-bond acceptors (Lipinski definition) is 4. The van der Waals surface area contributed by atoms with Crippen LogP contribution in [0.4, 0.5) is 5.69 Å². The second-order valence-electron chi connectivity index (χ2n) is 4.65. The Bertz CT molecular complexity index is 586. The summed E-state index contributed by atoms with van der Waals surface area (Å²) in [7, 11) is -3.46. The molecule has 1 aromatic carbocycles. The van der Waals surface area contributed by atoms with Gasteiger partial charge in [-0.1, -0.05) is 6.42 Å². The molecule has 1 saturated heterocycles. The number of rotatable bonds is 3. The van der Waals surface area contributed by atoms with Crippen molar-refractivity contribution in [3.8, 4) is 0 Å². The van der Waals surface area contributed by atoms with Gasteiger partial charge in [-0.3, -0.25) is 10.1 Å². The number of benzene rings is 1. The van der Waals surface area contributed by atoms with Crippen LogP contribution in [0.25, 0.3) is 0 Å². The van der Waals surface area contributed by atoms with Gasteiger partial charge in [0.15, 0.2) is 0 Å². The fourth-order valence-corrected chi connectivity index (χ4v) is 4.58. The van der Waals surface area contributed by atoms with Crippen LogP contribution < -0.4 is 0 Å². The largest absolute Gasteiger partial charge is 0.269 e. The molecule has 0 amide bonds. The summed E-state index contributed by atoms with van der Waals surface area (Å²) in [5, 5.41) is 10.5. The molecule has 18 heavy (non-hydrogen) atoms. The minimum absolute atomic E-state index is 0.0973. The van der Waals surface area contributed by atoms with E-state index < -0.39 is 14.9 Å². The van der Waals surface area contributed by atoms with E-state index in [1.807, 2.05) is 0 Å². The van der Waals surface area contributed by atoms with E-state index in [1.165, 1.54) is 28.6 Å². The van der Waals surface area contributed by atoms with Gasteiger partial charge in [0.25, 0.3) is 5.69 Å².